The Labute approximate surface area is 186 Å². The van der Waals surface area contributed by atoms with Gasteiger partial charge in [-0.3, -0.25) is 9.36 Å². The molecule has 0 amide bonds. The zero-order valence-electron chi connectivity index (χ0n) is 16.6. The number of ether oxygens (including phenoxy) is 1. The molecule has 0 saturated carbocycles. The molecule has 0 aliphatic heterocycles. The van der Waals surface area contributed by atoms with Gasteiger partial charge < -0.3 is 10.1 Å². The quantitative estimate of drug-likeness (QED) is 0.453. The number of halogens is 2. The Morgan fingerprint density at radius 3 is 2.81 bits per heavy atom. The monoisotopic (exact) mass is 457 g/mol. The second-order valence-corrected chi connectivity index (χ2v) is 7.93. The predicted molar refractivity (Wildman–Crippen MR) is 119 cm³/mol. The molecule has 0 unspecified atom stereocenters. The molecular formula is C21H17ClFN5O2S. The minimum absolute atomic E-state index is 0.0171. The molecule has 4 rings (SSSR count). The number of nitrogens with zero attached hydrogens (tertiary/aromatic N) is 4. The number of hydrogen-bond donors (Lipinski definition) is 1. The molecule has 0 bridgehead atoms. The second-order valence-electron chi connectivity index (χ2n) is 6.69. The molecular weight excluding hydrogens is 441 g/mol. The number of aryl methyl sites for hydroxylation is 1. The van der Waals surface area contributed by atoms with Crippen molar-refractivity contribution in [1.29, 1.82) is 0 Å². The van der Waals surface area contributed by atoms with Crippen molar-refractivity contribution in [2.24, 2.45) is 0 Å². The molecule has 0 saturated heterocycles. The van der Waals surface area contributed by atoms with Gasteiger partial charge in [0.25, 0.3) is 5.56 Å². The fourth-order valence-electron chi connectivity index (χ4n) is 2.99. The third-order valence-corrected chi connectivity index (χ3v) is 5.68. The van der Waals surface area contributed by atoms with Crippen LogP contribution in [0, 0.1) is 12.7 Å². The number of benzene rings is 2. The topological polar surface area (TPSA) is 81.9 Å². The van der Waals surface area contributed by atoms with E-state index in [1.807, 2.05) is 25.1 Å². The van der Waals surface area contributed by atoms with Gasteiger partial charge >= 0.3 is 0 Å². The third kappa shape index (κ3) is 4.42. The highest BCUT2D eigenvalue weighted by molar-refractivity contribution is 7.12. The number of methoxy groups -OCH3 is 1. The van der Waals surface area contributed by atoms with Gasteiger partial charge in [-0.15, -0.1) is 10.2 Å². The highest BCUT2D eigenvalue weighted by atomic mass is 35.5. The summed E-state index contributed by atoms with van der Waals surface area (Å²) in [5.41, 5.74) is 4.54. The van der Waals surface area contributed by atoms with Crippen molar-refractivity contribution in [2.75, 3.05) is 12.4 Å². The lowest BCUT2D eigenvalue weighted by atomic mass is 10.1. The molecule has 0 aliphatic carbocycles. The minimum Gasteiger partial charge on any atom is -0.490 e. The van der Waals surface area contributed by atoms with Crippen molar-refractivity contribution in [3.8, 4) is 16.3 Å². The van der Waals surface area contributed by atoms with Crippen LogP contribution in [0.5, 0.6) is 5.75 Å². The van der Waals surface area contributed by atoms with Gasteiger partial charge in [0.2, 0.25) is 11.7 Å². The Hall–Kier alpha value is -3.30. The fraction of sp³-hybridized carbons (Fsp3) is 0.143. The first kappa shape index (κ1) is 21.0. The van der Waals surface area contributed by atoms with Crippen molar-refractivity contribution in [3.63, 3.8) is 0 Å². The molecule has 0 atom stereocenters. The molecule has 4 aromatic rings. The van der Waals surface area contributed by atoms with Crippen LogP contribution in [-0.4, -0.2) is 26.9 Å². The molecule has 7 nitrogen and oxygen atoms in total. The summed E-state index contributed by atoms with van der Waals surface area (Å²) in [5.74, 6) is -0.120. The fourth-order valence-corrected chi connectivity index (χ4v) is 3.74. The molecule has 0 fully saturated rings. The molecule has 2 aromatic carbocycles. The van der Waals surface area contributed by atoms with Gasteiger partial charge in [-0.1, -0.05) is 41.1 Å². The summed E-state index contributed by atoms with van der Waals surface area (Å²) in [7, 11) is 1.40. The van der Waals surface area contributed by atoms with Crippen LogP contribution in [0.4, 0.5) is 16.0 Å². The molecule has 158 valence electrons. The van der Waals surface area contributed by atoms with Crippen LogP contribution in [0.15, 0.2) is 52.9 Å². The SMILES string of the molecule is COc1cnc(Nc2cc(-c3nncs3)ccc2C)n(Cc2ccc(F)c(Cl)c2)c1=O. The lowest BCUT2D eigenvalue weighted by Gasteiger charge is -2.16. The normalized spacial score (nSPS) is 10.8. The van der Waals surface area contributed by atoms with Crippen LogP contribution < -0.4 is 15.6 Å². The van der Waals surface area contributed by atoms with Gasteiger partial charge in [-0.25, -0.2) is 9.37 Å². The Kier molecular flexibility index (Phi) is 5.97. The molecule has 0 spiro atoms. The number of aromatic nitrogens is 4. The van der Waals surface area contributed by atoms with Crippen LogP contribution in [0.3, 0.4) is 0 Å². The van der Waals surface area contributed by atoms with Crippen LogP contribution in [0.1, 0.15) is 11.1 Å². The zero-order valence-corrected chi connectivity index (χ0v) is 18.2. The summed E-state index contributed by atoms with van der Waals surface area (Å²) >= 11 is 7.34. The van der Waals surface area contributed by atoms with E-state index in [0.717, 1.165) is 21.8 Å². The van der Waals surface area contributed by atoms with E-state index in [4.69, 9.17) is 16.3 Å². The molecule has 0 radical (unpaired) electrons. The van der Waals surface area contributed by atoms with E-state index in [1.54, 1.807) is 11.6 Å². The molecule has 2 heterocycles. The molecule has 2 aromatic heterocycles. The zero-order chi connectivity index (χ0) is 22.0. The largest absolute Gasteiger partial charge is 0.490 e. The number of hydrogen-bond acceptors (Lipinski definition) is 7. The average Bonchev–Trinajstić information content (AvgIpc) is 3.30. The summed E-state index contributed by atoms with van der Waals surface area (Å²) < 4.78 is 20.1. The van der Waals surface area contributed by atoms with Crippen molar-refractivity contribution >= 4 is 34.6 Å². The minimum atomic E-state index is -0.524. The highest BCUT2D eigenvalue weighted by Gasteiger charge is 2.14. The highest BCUT2D eigenvalue weighted by Crippen LogP contribution is 2.28. The van der Waals surface area contributed by atoms with Crippen LogP contribution in [0.25, 0.3) is 10.6 Å². The predicted octanol–water partition coefficient (Wildman–Crippen LogP) is 4.66. The number of rotatable bonds is 6. The second kappa shape index (κ2) is 8.83. The third-order valence-electron chi connectivity index (χ3n) is 4.65. The Morgan fingerprint density at radius 2 is 2.10 bits per heavy atom. The number of anilines is 2. The van der Waals surface area contributed by atoms with Gasteiger partial charge in [0.15, 0.2) is 0 Å². The van der Waals surface area contributed by atoms with E-state index in [2.05, 4.69) is 20.5 Å². The van der Waals surface area contributed by atoms with Crippen molar-refractivity contribution in [3.05, 3.63) is 80.4 Å². The molecule has 1 N–H and O–H groups in total. The lowest BCUT2D eigenvalue weighted by molar-refractivity contribution is 0.401. The maximum absolute atomic E-state index is 13.5. The van der Waals surface area contributed by atoms with Crippen LogP contribution in [-0.2, 0) is 6.54 Å². The van der Waals surface area contributed by atoms with Crippen LogP contribution in [0.2, 0.25) is 5.02 Å². The van der Waals surface area contributed by atoms with Crippen molar-refractivity contribution < 1.29 is 9.13 Å². The van der Waals surface area contributed by atoms with Gasteiger partial charge in [0.05, 0.1) is 24.9 Å². The Bertz CT molecular complexity index is 1290. The summed E-state index contributed by atoms with van der Waals surface area (Å²) in [5, 5.41) is 12.0. The number of nitrogens with one attached hydrogen (secondary N) is 1. The first-order chi connectivity index (χ1) is 15.0. The maximum Gasteiger partial charge on any atom is 0.297 e. The molecule has 10 heteroatoms. The van der Waals surface area contributed by atoms with Gasteiger partial charge in [-0.05, 0) is 36.2 Å². The molecule has 31 heavy (non-hydrogen) atoms. The van der Waals surface area contributed by atoms with E-state index in [-0.39, 0.29) is 22.9 Å². The Balaban J connectivity index is 1.75. The van der Waals surface area contributed by atoms with Crippen molar-refractivity contribution in [2.45, 2.75) is 13.5 Å². The van der Waals surface area contributed by atoms with E-state index in [9.17, 15) is 9.18 Å². The van der Waals surface area contributed by atoms with E-state index >= 15 is 0 Å². The smallest absolute Gasteiger partial charge is 0.297 e. The maximum atomic E-state index is 13.5. The van der Waals surface area contributed by atoms with Crippen molar-refractivity contribution in [1.82, 2.24) is 19.7 Å². The summed E-state index contributed by atoms with van der Waals surface area (Å²) in [6.45, 7) is 2.07. The first-order valence-corrected chi connectivity index (χ1v) is 10.4. The summed E-state index contributed by atoms with van der Waals surface area (Å²) in [6.07, 6.45) is 1.36. The standard InChI is InChI=1S/C21H17ClFN5O2S/c1-12-3-5-14(19-27-25-11-31-19)8-17(12)26-21-24-9-18(30-2)20(29)28(21)10-13-4-6-16(23)15(22)7-13/h3-9,11H,10H2,1-2H3,(H,24,26). The van der Waals surface area contributed by atoms with Gasteiger partial charge in [-0.2, -0.15) is 0 Å². The lowest BCUT2D eigenvalue weighted by Crippen LogP contribution is -2.25. The van der Waals surface area contributed by atoms with Gasteiger partial charge in [0, 0.05) is 11.3 Å². The Morgan fingerprint density at radius 1 is 1.26 bits per heavy atom. The molecule has 0 aliphatic rings. The van der Waals surface area contributed by atoms with Crippen LogP contribution >= 0.6 is 22.9 Å². The van der Waals surface area contributed by atoms with E-state index < -0.39 is 5.82 Å². The average molecular weight is 458 g/mol. The summed E-state index contributed by atoms with van der Waals surface area (Å²) in [6, 6.07) is 10.1. The van der Waals surface area contributed by atoms with E-state index in [0.29, 0.717) is 11.5 Å². The van der Waals surface area contributed by atoms with E-state index in [1.165, 1.54) is 41.3 Å². The summed E-state index contributed by atoms with van der Waals surface area (Å²) in [4.78, 5) is 17.3. The van der Waals surface area contributed by atoms with Gasteiger partial charge in [0.1, 0.15) is 16.3 Å². The first-order valence-electron chi connectivity index (χ1n) is 9.18.